The number of amides is 1. The van der Waals surface area contributed by atoms with E-state index < -0.39 is 0 Å². The molecule has 1 amide bonds. The van der Waals surface area contributed by atoms with Crippen molar-refractivity contribution in [2.24, 2.45) is 5.92 Å². The molecule has 0 spiro atoms. The second-order valence-electron chi connectivity index (χ2n) is 5.93. The third-order valence-corrected chi connectivity index (χ3v) is 4.68. The van der Waals surface area contributed by atoms with Crippen LogP contribution in [0, 0.1) is 5.92 Å². The first-order valence-corrected chi connectivity index (χ1v) is 7.45. The quantitative estimate of drug-likeness (QED) is 0.802. The van der Waals surface area contributed by atoms with Gasteiger partial charge in [-0.1, -0.05) is 0 Å². The van der Waals surface area contributed by atoms with Crippen LogP contribution in [0.5, 0.6) is 0 Å². The van der Waals surface area contributed by atoms with E-state index >= 15 is 0 Å². The zero-order valence-corrected chi connectivity index (χ0v) is 11.1. The Balaban J connectivity index is 1.49. The summed E-state index contributed by atoms with van der Waals surface area (Å²) in [6.45, 7) is 3.86. The Morgan fingerprint density at radius 3 is 3.06 bits per heavy atom. The summed E-state index contributed by atoms with van der Waals surface area (Å²) in [6, 6.07) is 0.667. The molecule has 0 saturated carbocycles. The molecule has 4 heteroatoms. The molecule has 0 aliphatic carbocycles. The largest absolute Gasteiger partial charge is 0.378 e. The molecule has 3 aliphatic heterocycles. The minimum atomic E-state index is 0.186. The van der Waals surface area contributed by atoms with E-state index in [2.05, 4.69) is 10.2 Å². The van der Waals surface area contributed by atoms with Gasteiger partial charge >= 0.3 is 0 Å². The van der Waals surface area contributed by atoms with Crippen molar-refractivity contribution in [1.29, 1.82) is 0 Å². The van der Waals surface area contributed by atoms with Crippen molar-refractivity contribution < 1.29 is 9.53 Å². The lowest BCUT2D eigenvalue weighted by Gasteiger charge is -2.36. The summed E-state index contributed by atoms with van der Waals surface area (Å²) in [5.41, 5.74) is 0. The summed E-state index contributed by atoms with van der Waals surface area (Å²) in [4.78, 5) is 14.4. The van der Waals surface area contributed by atoms with Gasteiger partial charge in [0.1, 0.15) is 0 Å². The van der Waals surface area contributed by atoms with E-state index in [1.165, 1.54) is 12.8 Å². The molecule has 3 rings (SSSR count). The molecule has 0 radical (unpaired) electrons. The molecule has 3 aliphatic rings. The van der Waals surface area contributed by atoms with Gasteiger partial charge in [0.05, 0.1) is 12.5 Å². The predicted molar refractivity (Wildman–Crippen MR) is 69.3 cm³/mol. The Labute approximate surface area is 109 Å². The van der Waals surface area contributed by atoms with Gasteiger partial charge in [-0.25, -0.2) is 0 Å². The van der Waals surface area contributed by atoms with Crippen molar-refractivity contribution >= 4 is 5.91 Å². The van der Waals surface area contributed by atoms with Crippen molar-refractivity contribution in [2.45, 2.75) is 50.7 Å². The number of nitrogens with zero attached hydrogens (tertiary/aromatic N) is 1. The van der Waals surface area contributed by atoms with Crippen molar-refractivity contribution in [2.75, 3.05) is 26.2 Å². The average Bonchev–Trinajstić information content (AvgIpc) is 2.87. The minimum absolute atomic E-state index is 0.186. The molecule has 3 heterocycles. The Kier molecular flexibility index (Phi) is 3.85. The molecular weight excluding hydrogens is 228 g/mol. The SMILES string of the molecule is O=C(CC1CCCCO1)N1CCC2NCCC2C1. The number of hydrogen-bond acceptors (Lipinski definition) is 3. The molecule has 3 unspecified atom stereocenters. The number of nitrogens with one attached hydrogen (secondary N) is 1. The highest BCUT2D eigenvalue weighted by atomic mass is 16.5. The lowest BCUT2D eigenvalue weighted by molar-refractivity contribution is -0.137. The maximum absolute atomic E-state index is 12.3. The normalized spacial score (nSPS) is 36.4. The second-order valence-corrected chi connectivity index (χ2v) is 5.93. The van der Waals surface area contributed by atoms with Crippen LogP contribution >= 0.6 is 0 Å². The van der Waals surface area contributed by atoms with Crippen LogP contribution in [0.3, 0.4) is 0 Å². The fraction of sp³-hybridized carbons (Fsp3) is 0.929. The molecule has 18 heavy (non-hydrogen) atoms. The first kappa shape index (κ1) is 12.4. The molecule has 102 valence electrons. The molecule has 3 saturated heterocycles. The van der Waals surface area contributed by atoms with Gasteiger partial charge in [0.15, 0.2) is 0 Å². The van der Waals surface area contributed by atoms with Crippen LogP contribution in [0.15, 0.2) is 0 Å². The monoisotopic (exact) mass is 252 g/mol. The maximum atomic E-state index is 12.3. The highest BCUT2D eigenvalue weighted by Crippen LogP contribution is 2.25. The molecule has 0 aromatic carbocycles. The first-order chi connectivity index (χ1) is 8.83. The van der Waals surface area contributed by atoms with Crippen LogP contribution in [-0.4, -0.2) is 49.2 Å². The van der Waals surface area contributed by atoms with Crippen LogP contribution in [0.1, 0.15) is 38.5 Å². The van der Waals surface area contributed by atoms with Crippen LogP contribution in [0.2, 0.25) is 0 Å². The van der Waals surface area contributed by atoms with E-state index in [1.807, 2.05) is 0 Å². The van der Waals surface area contributed by atoms with Crippen molar-refractivity contribution in [3.05, 3.63) is 0 Å². The average molecular weight is 252 g/mol. The number of ether oxygens (including phenoxy) is 1. The number of piperidine rings is 1. The minimum Gasteiger partial charge on any atom is -0.378 e. The van der Waals surface area contributed by atoms with E-state index in [9.17, 15) is 4.79 Å². The standard InChI is InChI=1S/C14H24N2O2/c17-14(9-12-3-1-2-8-18-12)16-7-5-13-11(10-16)4-6-15-13/h11-13,15H,1-10H2. The highest BCUT2D eigenvalue weighted by Gasteiger charge is 2.34. The van der Waals surface area contributed by atoms with Gasteiger partial charge in [-0.05, 0) is 44.6 Å². The Morgan fingerprint density at radius 2 is 2.22 bits per heavy atom. The lowest BCUT2D eigenvalue weighted by Crippen LogP contribution is -2.47. The summed E-state index contributed by atoms with van der Waals surface area (Å²) < 4.78 is 5.67. The molecule has 3 atom stereocenters. The van der Waals surface area contributed by atoms with E-state index in [-0.39, 0.29) is 6.10 Å². The molecule has 3 fully saturated rings. The molecule has 0 aromatic rings. The summed E-state index contributed by atoms with van der Waals surface area (Å²) in [6.07, 6.45) is 6.58. The van der Waals surface area contributed by atoms with Gasteiger partial charge in [-0.2, -0.15) is 0 Å². The van der Waals surface area contributed by atoms with Gasteiger partial charge in [0.2, 0.25) is 5.91 Å². The summed E-state index contributed by atoms with van der Waals surface area (Å²) >= 11 is 0. The van der Waals surface area contributed by atoms with Crippen molar-refractivity contribution in [3.63, 3.8) is 0 Å². The Bertz CT molecular complexity index is 302. The Morgan fingerprint density at radius 1 is 1.28 bits per heavy atom. The number of carbonyl (C=O) groups is 1. The van der Waals surface area contributed by atoms with Gasteiger partial charge in [-0.15, -0.1) is 0 Å². The van der Waals surface area contributed by atoms with Gasteiger partial charge in [0, 0.05) is 25.7 Å². The van der Waals surface area contributed by atoms with Gasteiger partial charge < -0.3 is 15.0 Å². The van der Waals surface area contributed by atoms with Crippen LogP contribution in [0.4, 0.5) is 0 Å². The third-order valence-electron chi connectivity index (χ3n) is 4.68. The molecule has 0 aromatic heterocycles. The number of likely N-dealkylation sites (tertiary alicyclic amines) is 1. The Hall–Kier alpha value is -0.610. The van der Waals surface area contributed by atoms with Gasteiger partial charge in [-0.3, -0.25) is 4.79 Å². The highest BCUT2D eigenvalue weighted by molar-refractivity contribution is 5.76. The van der Waals surface area contributed by atoms with Crippen molar-refractivity contribution in [3.8, 4) is 0 Å². The summed E-state index contributed by atoms with van der Waals surface area (Å²) in [5, 5.41) is 3.54. The topological polar surface area (TPSA) is 41.6 Å². The number of fused-ring (bicyclic) bond motifs is 1. The fourth-order valence-electron chi connectivity index (χ4n) is 3.57. The second kappa shape index (κ2) is 5.57. The van der Waals surface area contributed by atoms with E-state index in [0.717, 1.165) is 45.5 Å². The van der Waals surface area contributed by atoms with Crippen molar-refractivity contribution in [1.82, 2.24) is 10.2 Å². The van der Waals surface area contributed by atoms with Crippen LogP contribution < -0.4 is 5.32 Å². The molecule has 0 bridgehead atoms. The van der Waals surface area contributed by atoms with Crippen LogP contribution in [0.25, 0.3) is 0 Å². The lowest BCUT2D eigenvalue weighted by atomic mass is 9.93. The molecule has 4 nitrogen and oxygen atoms in total. The zero-order valence-electron chi connectivity index (χ0n) is 11.1. The first-order valence-electron chi connectivity index (χ1n) is 7.45. The predicted octanol–water partition coefficient (Wildman–Crippen LogP) is 1.16. The van der Waals surface area contributed by atoms with E-state index in [1.54, 1.807) is 0 Å². The molecular formula is C14H24N2O2. The summed E-state index contributed by atoms with van der Waals surface area (Å²) in [5.74, 6) is 1.00. The smallest absolute Gasteiger partial charge is 0.225 e. The van der Waals surface area contributed by atoms with Crippen LogP contribution in [-0.2, 0) is 9.53 Å². The van der Waals surface area contributed by atoms with E-state index in [4.69, 9.17) is 4.74 Å². The third kappa shape index (κ3) is 2.69. The number of carbonyl (C=O) groups excluding carboxylic acids is 1. The van der Waals surface area contributed by atoms with E-state index in [0.29, 0.717) is 24.3 Å². The zero-order chi connectivity index (χ0) is 12.4. The van der Waals surface area contributed by atoms with Gasteiger partial charge in [0.25, 0.3) is 0 Å². The number of hydrogen-bond donors (Lipinski definition) is 1. The maximum Gasteiger partial charge on any atom is 0.225 e. The number of rotatable bonds is 2. The fourth-order valence-corrected chi connectivity index (χ4v) is 3.57. The molecule has 1 N–H and O–H groups in total. The summed E-state index contributed by atoms with van der Waals surface area (Å²) in [7, 11) is 0.